The van der Waals surface area contributed by atoms with Gasteiger partial charge in [-0.15, -0.1) is 0 Å². The van der Waals surface area contributed by atoms with Crippen LogP contribution in [-0.2, 0) is 15.0 Å². The van der Waals surface area contributed by atoms with Gasteiger partial charge in [0.05, 0.1) is 5.41 Å². The molecule has 4 heteroatoms. The Morgan fingerprint density at radius 2 is 1.75 bits per heavy atom. The molecule has 0 saturated heterocycles. The van der Waals surface area contributed by atoms with Gasteiger partial charge >= 0.3 is 5.97 Å². The number of carbonyl (C=O) groups excluding carboxylic acids is 1. The van der Waals surface area contributed by atoms with Crippen LogP contribution in [0.1, 0.15) is 33.3 Å². The molecule has 0 unspecified atom stereocenters. The fourth-order valence-corrected chi connectivity index (χ4v) is 2.20. The Balaban J connectivity index is 3.01. The molecule has 110 valence electrons. The Morgan fingerprint density at radius 3 is 2.20 bits per heavy atom. The predicted octanol–water partition coefficient (Wildman–Crippen LogP) is 2.53. The quantitative estimate of drug-likeness (QED) is 0.869. The minimum Gasteiger partial charge on any atom is -0.480 e. The molecular weight excluding hydrogens is 254 g/mol. The third-order valence-electron chi connectivity index (χ3n) is 3.23. The molecule has 0 radical (unpaired) electrons. The molecule has 0 saturated carbocycles. The summed E-state index contributed by atoms with van der Waals surface area (Å²) in [5.74, 6) is -0.910. The minimum atomic E-state index is -0.983. The van der Waals surface area contributed by atoms with Crippen LogP contribution in [0.4, 0.5) is 0 Å². The highest BCUT2D eigenvalue weighted by atomic mass is 16.4. The summed E-state index contributed by atoms with van der Waals surface area (Å²) < 4.78 is 0. The standard InChI is InChI=1S/C16H23NO3/c1-12(2)10-17(11-14(18)19)15(20)16(3,4)13-8-6-5-7-9-13/h5-9,12H,10-11H2,1-4H3,(H,18,19). The molecule has 0 fully saturated rings. The molecule has 1 aromatic carbocycles. The Kier molecular flexibility index (Phi) is 5.31. The van der Waals surface area contributed by atoms with Gasteiger partial charge in [-0.25, -0.2) is 0 Å². The summed E-state index contributed by atoms with van der Waals surface area (Å²) in [6, 6.07) is 9.45. The average molecular weight is 277 g/mol. The molecule has 1 aromatic rings. The molecule has 0 spiro atoms. The molecule has 4 nitrogen and oxygen atoms in total. The van der Waals surface area contributed by atoms with Crippen molar-refractivity contribution in [3.8, 4) is 0 Å². The van der Waals surface area contributed by atoms with Gasteiger partial charge in [0.25, 0.3) is 0 Å². The van der Waals surface area contributed by atoms with Crippen molar-refractivity contribution in [1.29, 1.82) is 0 Å². The van der Waals surface area contributed by atoms with Crippen LogP contribution in [0, 0.1) is 5.92 Å². The molecule has 0 aliphatic heterocycles. The van der Waals surface area contributed by atoms with Crippen molar-refractivity contribution in [2.75, 3.05) is 13.1 Å². The van der Waals surface area contributed by atoms with Crippen LogP contribution in [0.2, 0.25) is 0 Å². The first kappa shape index (κ1) is 16.2. The Bertz CT molecular complexity index is 466. The lowest BCUT2D eigenvalue weighted by Gasteiger charge is -2.32. The Hall–Kier alpha value is -1.84. The largest absolute Gasteiger partial charge is 0.480 e. The molecule has 1 rings (SSSR count). The SMILES string of the molecule is CC(C)CN(CC(=O)O)C(=O)C(C)(C)c1ccccc1. The van der Waals surface area contributed by atoms with Crippen LogP contribution in [0.5, 0.6) is 0 Å². The highest BCUT2D eigenvalue weighted by Crippen LogP contribution is 2.25. The zero-order valence-electron chi connectivity index (χ0n) is 12.6. The monoisotopic (exact) mass is 277 g/mol. The van der Waals surface area contributed by atoms with Crippen molar-refractivity contribution in [3.63, 3.8) is 0 Å². The third-order valence-corrected chi connectivity index (χ3v) is 3.23. The van der Waals surface area contributed by atoms with Crippen LogP contribution >= 0.6 is 0 Å². The summed E-state index contributed by atoms with van der Waals surface area (Å²) in [6.45, 7) is 7.80. The fraction of sp³-hybridized carbons (Fsp3) is 0.500. The maximum atomic E-state index is 12.7. The maximum absolute atomic E-state index is 12.7. The summed E-state index contributed by atoms with van der Waals surface area (Å²) in [7, 11) is 0. The van der Waals surface area contributed by atoms with Gasteiger partial charge in [-0.3, -0.25) is 9.59 Å². The van der Waals surface area contributed by atoms with E-state index in [0.29, 0.717) is 6.54 Å². The first-order valence-electron chi connectivity index (χ1n) is 6.82. The van der Waals surface area contributed by atoms with Gasteiger partial charge in [-0.2, -0.15) is 0 Å². The van der Waals surface area contributed by atoms with E-state index in [1.54, 1.807) is 0 Å². The summed E-state index contributed by atoms with van der Waals surface area (Å²) in [6.07, 6.45) is 0. The van der Waals surface area contributed by atoms with Crippen molar-refractivity contribution in [2.24, 2.45) is 5.92 Å². The van der Waals surface area contributed by atoms with Gasteiger partial charge in [0.15, 0.2) is 0 Å². The second-order valence-electron chi connectivity index (χ2n) is 5.96. The summed E-state index contributed by atoms with van der Waals surface area (Å²) in [4.78, 5) is 25.1. The predicted molar refractivity (Wildman–Crippen MR) is 78.5 cm³/mol. The molecule has 0 atom stereocenters. The topological polar surface area (TPSA) is 57.6 Å². The van der Waals surface area contributed by atoms with E-state index in [-0.39, 0.29) is 18.4 Å². The molecular formula is C16H23NO3. The summed E-state index contributed by atoms with van der Waals surface area (Å²) in [5, 5.41) is 8.99. The molecule has 0 aromatic heterocycles. The van der Waals surface area contributed by atoms with Crippen molar-refractivity contribution in [2.45, 2.75) is 33.1 Å². The van der Waals surface area contributed by atoms with E-state index in [0.717, 1.165) is 5.56 Å². The molecule has 1 N–H and O–H groups in total. The minimum absolute atomic E-state index is 0.153. The van der Waals surface area contributed by atoms with E-state index in [1.165, 1.54) is 4.90 Å². The lowest BCUT2D eigenvalue weighted by Crippen LogP contribution is -2.47. The van der Waals surface area contributed by atoms with Crippen LogP contribution in [0.3, 0.4) is 0 Å². The van der Waals surface area contributed by atoms with Crippen molar-refractivity contribution < 1.29 is 14.7 Å². The first-order valence-corrected chi connectivity index (χ1v) is 6.82. The van der Waals surface area contributed by atoms with Crippen molar-refractivity contribution in [1.82, 2.24) is 4.90 Å². The average Bonchev–Trinajstić information content (AvgIpc) is 2.37. The molecule has 0 aliphatic carbocycles. The van der Waals surface area contributed by atoms with Gasteiger partial charge in [-0.1, -0.05) is 44.2 Å². The van der Waals surface area contributed by atoms with E-state index >= 15 is 0 Å². The Morgan fingerprint density at radius 1 is 1.20 bits per heavy atom. The highest BCUT2D eigenvalue weighted by molar-refractivity contribution is 5.89. The lowest BCUT2D eigenvalue weighted by atomic mass is 9.83. The third kappa shape index (κ3) is 4.08. The normalized spacial score (nSPS) is 11.4. The summed E-state index contributed by atoms with van der Waals surface area (Å²) >= 11 is 0. The number of rotatable bonds is 6. The molecule has 0 bridgehead atoms. The van der Waals surface area contributed by atoms with Gasteiger partial charge in [-0.05, 0) is 25.3 Å². The van der Waals surface area contributed by atoms with Crippen LogP contribution in [0.15, 0.2) is 30.3 Å². The number of hydrogen-bond acceptors (Lipinski definition) is 2. The second-order valence-corrected chi connectivity index (χ2v) is 5.96. The van der Waals surface area contributed by atoms with Gasteiger partial charge < -0.3 is 10.0 Å². The number of amides is 1. The number of benzene rings is 1. The molecule has 1 amide bonds. The smallest absolute Gasteiger partial charge is 0.323 e. The van der Waals surface area contributed by atoms with Crippen molar-refractivity contribution >= 4 is 11.9 Å². The molecule has 0 heterocycles. The number of carboxylic acids is 1. The second kappa shape index (κ2) is 6.55. The van der Waals surface area contributed by atoms with E-state index < -0.39 is 11.4 Å². The maximum Gasteiger partial charge on any atom is 0.323 e. The fourth-order valence-electron chi connectivity index (χ4n) is 2.20. The van der Waals surface area contributed by atoms with E-state index in [2.05, 4.69) is 0 Å². The highest BCUT2D eigenvalue weighted by Gasteiger charge is 2.34. The lowest BCUT2D eigenvalue weighted by molar-refractivity contribution is -0.147. The number of carbonyl (C=O) groups is 2. The zero-order valence-corrected chi connectivity index (χ0v) is 12.6. The van der Waals surface area contributed by atoms with E-state index in [9.17, 15) is 9.59 Å². The Labute approximate surface area is 120 Å². The van der Waals surface area contributed by atoms with Gasteiger partial charge in [0.1, 0.15) is 6.54 Å². The molecule has 0 aliphatic rings. The van der Waals surface area contributed by atoms with Crippen LogP contribution < -0.4 is 0 Å². The van der Waals surface area contributed by atoms with Gasteiger partial charge in [0, 0.05) is 6.54 Å². The number of carboxylic acid groups (broad SMARTS) is 1. The van der Waals surface area contributed by atoms with E-state index in [4.69, 9.17) is 5.11 Å². The first-order chi connectivity index (χ1) is 9.25. The van der Waals surface area contributed by atoms with Crippen molar-refractivity contribution in [3.05, 3.63) is 35.9 Å². The summed E-state index contributed by atoms with van der Waals surface area (Å²) in [5.41, 5.74) is 0.162. The van der Waals surface area contributed by atoms with Crippen LogP contribution in [-0.4, -0.2) is 35.0 Å². The number of nitrogens with zero attached hydrogens (tertiary/aromatic N) is 1. The van der Waals surface area contributed by atoms with Gasteiger partial charge in [0.2, 0.25) is 5.91 Å². The number of hydrogen-bond donors (Lipinski definition) is 1. The zero-order chi connectivity index (χ0) is 15.3. The van der Waals surface area contributed by atoms with Crippen LogP contribution in [0.25, 0.3) is 0 Å². The number of aliphatic carboxylic acids is 1. The molecule has 20 heavy (non-hydrogen) atoms. The van der Waals surface area contributed by atoms with E-state index in [1.807, 2.05) is 58.0 Å².